The standard InChI is InChI=1S/C18H23N3O6/c1-10-20-21-15(27-10)9-26-16(22)11-7-13(24-5)14(25-6)8-12(11)19-17(23)18(2,3)4/h7-8H,9H2,1-6H3,(H,19,23). The third kappa shape index (κ3) is 4.96. The summed E-state index contributed by atoms with van der Waals surface area (Å²) in [5, 5.41) is 10.2. The van der Waals surface area contributed by atoms with Gasteiger partial charge in [-0.3, -0.25) is 4.79 Å². The highest BCUT2D eigenvalue weighted by atomic mass is 16.5. The number of benzene rings is 1. The van der Waals surface area contributed by atoms with Gasteiger partial charge < -0.3 is 23.9 Å². The summed E-state index contributed by atoms with van der Waals surface area (Å²) in [6, 6.07) is 2.95. The van der Waals surface area contributed by atoms with Gasteiger partial charge in [0.2, 0.25) is 11.8 Å². The van der Waals surface area contributed by atoms with Crippen molar-refractivity contribution in [2.75, 3.05) is 19.5 Å². The van der Waals surface area contributed by atoms with Crippen molar-refractivity contribution in [3.05, 3.63) is 29.5 Å². The first-order valence-electron chi connectivity index (χ1n) is 8.19. The van der Waals surface area contributed by atoms with Gasteiger partial charge in [0.1, 0.15) is 0 Å². The fourth-order valence-electron chi connectivity index (χ4n) is 2.06. The number of rotatable bonds is 6. The second-order valence-electron chi connectivity index (χ2n) is 6.75. The van der Waals surface area contributed by atoms with E-state index in [4.69, 9.17) is 18.6 Å². The van der Waals surface area contributed by atoms with Gasteiger partial charge in [0.15, 0.2) is 18.1 Å². The van der Waals surface area contributed by atoms with E-state index >= 15 is 0 Å². The van der Waals surface area contributed by atoms with Crippen molar-refractivity contribution in [2.24, 2.45) is 5.41 Å². The van der Waals surface area contributed by atoms with Gasteiger partial charge in [-0.25, -0.2) is 4.79 Å². The normalized spacial score (nSPS) is 11.0. The van der Waals surface area contributed by atoms with Crippen molar-refractivity contribution in [1.29, 1.82) is 0 Å². The second-order valence-corrected chi connectivity index (χ2v) is 6.75. The average Bonchev–Trinajstić information content (AvgIpc) is 3.03. The smallest absolute Gasteiger partial charge is 0.340 e. The molecular formula is C18H23N3O6. The van der Waals surface area contributed by atoms with Gasteiger partial charge in [-0.05, 0) is 0 Å². The molecule has 0 bridgehead atoms. The molecule has 0 atom stereocenters. The maximum absolute atomic E-state index is 12.6. The Morgan fingerprint density at radius 1 is 1.11 bits per heavy atom. The van der Waals surface area contributed by atoms with Gasteiger partial charge in [-0.1, -0.05) is 20.8 Å². The van der Waals surface area contributed by atoms with Crippen LogP contribution in [0.15, 0.2) is 16.5 Å². The summed E-state index contributed by atoms with van der Waals surface area (Å²) in [5.41, 5.74) is -0.295. The zero-order valence-corrected chi connectivity index (χ0v) is 16.2. The third-order valence-corrected chi connectivity index (χ3v) is 3.57. The lowest BCUT2D eigenvalue weighted by Gasteiger charge is -2.20. The van der Waals surface area contributed by atoms with Crippen molar-refractivity contribution in [3.8, 4) is 11.5 Å². The largest absolute Gasteiger partial charge is 0.493 e. The molecule has 0 aliphatic carbocycles. The Morgan fingerprint density at radius 2 is 1.74 bits per heavy atom. The molecule has 27 heavy (non-hydrogen) atoms. The first-order chi connectivity index (χ1) is 12.7. The highest BCUT2D eigenvalue weighted by Crippen LogP contribution is 2.34. The summed E-state index contributed by atoms with van der Waals surface area (Å²) < 4.78 is 20.9. The molecule has 0 saturated heterocycles. The van der Waals surface area contributed by atoms with Crippen LogP contribution in [0.25, 0.3) is 0 Å². The molecule has 1 N–H and O–H groups in total. The molecule has 146 valence electrons. The summed E-state index contributed by atoms with van der Waals surface area (Å²) in [5.74, 6) is 0.275. The van der Waals surface area contributed by atoms with Crippen LogP contribution in [0.1, 0.15) is 42.9 Å². The number of methoxy groups -OCH3 is 2. The van der Waals surface area contributed by atoms with Crippen LogP contribution < -0.4 is 14.8 Å². The summed E-state index contributed by atoms with van der Waals surface area (Å²) in [6.07, 6.45) is 0. The summed E-state index contributed by atoms with van der Waals surface area (Å²) in [4.78, 5) is 25.0. The predicted molar refractivity (Wildman–Crippen MR) is 95.8 cm³/mol. The molecular weight excluding hydrogens is 354 g/mol. The minimum Gasteiger partial charge on any atom is -0.493 e. The Kier molecular flexibility index (Phi) is 6.04. The molecule has 1 heterocycles. The molecule has 2 aromatic rings. The first-order valence-corrected chi connectivity index (χ1v) is 8.19. The highest BCUT2D eigenvalue weighted by Gasteiger charge is 2.25. The summed E-state index contributed by atoms with van der Waals surface area (Å²) in [6.45, 7) is 6.73. The number of esters is 1. The summed E-state index contributed by atoms with van der Waals surface area (Å²) >= 11 is 0. The Balaban J connectivity index is 2.32. The zero-order chi connectivity index (χ0) is 20.2. The van der Waals surface area contributed by atoms with Crippen LogP contribution >= 0.6 is 0 Å². The van der Waals surface area contributed by atoms with Crippen molar-refractivity contribution in [2.45, 2.75) is 34.3 Å². The second kappa shape index (κ2) is 8.07. The van der Waals surface area contributed by atoms with Crippen molar-refractivity contribution in [3.63, 3.8) is 0 Å². The predicted octanol–water partition coefficient (Wildman–Crippen LogP) is 2.74. The van der Waals surface area contributed by atoms with Crippen LogP contribution in [-0.4, -0.2) is 36.3 Å². The van der Waals surface area contributed by atoms with Crippen LogP contribution in [-0.2, 0) is 16.1 Å². The van der Waals surface area contributed by atoms with Gasteiger partial charge >= 0.3 is 5.97 Å². The number of nitrogens with one attached hydrogen (secondary N) is 1. The minimum atomic E-state index is -0.684. The Labute approximate surface area is 157 Å². The van der Waals surface area contributed by atoms with Crippen molar-refractivity contribution in [1.82, 2.24) is 10.2 Å². The number of carbonyl (C=O) groups is 2. The number of nitrogens with zero attached hydrogens (tertiary/aromatic N) is 2. The van der Waals surface area contributed by atoms with E-state index in [1.807, 2.05) is 0 Å². The fraction of sp³-hybridized carbons (Fsp3) is 0.444. The number of aromatic nitrogens is 2. The van der Waals surface area contributed by atoms with E-state index in [9.17, 15) is 9.59 Å². The molecule has 0 fully saturated rings. The van der Waals surface area contributed by atoms with E-state index < -0.39 is 11.4 Å². The topological polar surface area (TPSA) is 113 Å². The van der Waals surface area contributed by atoms with Crippen LogP contribution in [0.4, 0.5) is 5.69 Å². The van der Waals surface area contributed by atoms with Gasteiger partial charge in [-0.15, -0.1) is 10.2 Å². The van der Waals surface area contributed by atoms with Gasteiger partial charge in [0, 0.05) is 24.5 Å². The average molecular weight is 377 g/mol. The van der Waals surface area contributed by atoms with E-state index in [0.29, 0.717) is 17.4 Å². The summed E-state index contributed by atoms with van der Waals surface area (Å²) in [7, 11) is 2.91. The van der Waals surface area contributed by atoms with E-state index in [2.05, 4.69) is 15.5 Å². The number of carbonyl (C=O) groups excluding carboxylic acids is 2. The maximum Gasteiger partial charge on any atom is 0.340 e. The molecule has 1 aromatic carbocycles. The fourth-order valence-corrected chi connectivity index (χ4v) is 2.06. The molecule has 0 spiro atoms. The van der Waals surface area contributed by atoms with Gasteiger partial charge in [0.05, 0.1) is 25.5 Å². The Bertz CT molecular complexity index is 838. The van der Waals surface area contributed by atoms with Crippen molar-refractivity contribution < 1.29 is 28.2 Å². The number of hydrogen-bond donors (Lipinski definition) is 1. The number of ether oxygens (including phenoxy) is 3. The SMILES string of the molecule is COc1cc(NC(=O)C(C)(C)C)c(C(=O)OCc2nnc(C)o2)cc1OC. The highest BCUT2D eigenvalue weighted by molar-refractivity contribution is 6.03. The molecule has 0 aliphatic heterocycles. The van der Waals surface area contributed by atoms with Crippen LogP contribution in [0.5, 0.6) is 11.5 Å². The third-order valence-electron chi connectivity index (χ3n) is 3.57. The van der Waals surface area contributed by atoms with Crippen LogP contribution in [0.2, 0.25) is 0 Å². The van der Waals surface area contributed by atoms with Crippen molar-refractivity contribution >= 4 is 17.6 Å². The molecule has 1 aromatic heterocycles. The van der Waals surface area contributed by atoms with Crippen LogP contribution in [0.3, 0.4) is 0 Å². The van der Waals surface area contributed by atoms with E-state index in [1.165, 1.54) is 26.4 Å². The Hall–Kier alpha value is -3.10. The van der Waals surface area contributed by atoms with Crippen LogP contribution in [0, 0.1) is 12.3 Å². The van der Waals surface area contributed by atoms with E-state index in [0.717, 1.165) is 0 Å². The van der Waals surface area contributed by atoms with E-state index in [1.54, 1.807) is 27.7 Å². The molecule has 0 radical (unpaired) electrons. The van der Waals surface area contributed by atoms with Gasteiger partial charge in [-0.2, -0.15) is 0 Å². The first kappa shape index (κ1) is 20.2. The maximum atomic E-state index is 12.6. The molecule has 0 aliphatic rings. The lowest BCUT2D eigenvalue weighted by molar-refractivity contribution is -0.123. The van der Waals surface area contributed by atoms with E-state index in [-0.39, 0.29) is 29.7 Å². The number of anilines is 1. The molecule has 9 nitrogen and oxygen atoms in total. The number of aryl methyl sites for hydroxylation is 1. The quantitative estimate of drug-likeness (QED) is 0.765. The number of hydrogen-bond acceptors (Lipinski definition) is 8. The minimum absolute atomic E-state index is 0.112. The molecule has 2 rings (SSSR count). The lowest BCUT2D eigenvalue weighted by atomic mass is 9.95. The monoisotopic (exact) mass is 377 g/mol. The molecule has 9 heteroatoms. The zero-order valence-electron chi connectivity index (χ0n) is 16.2. The number of amides is 1. The molecule has 0 unspecified atom stereocenters. The van der Waals surface area contributed by atoms with Gasteiger partial charge in [0.25, 0.3) is 5.89 Å². The molecule has 0 saturated carbocycles. The Morgan fingerprint density at radius 3 is 2.26 bits per heavy atom. The lowest BCUT2D eigenvalue weighted by Crippen LogP contribution is -2.28. The molecule has 1 amide bonds.